The summed E-state index contributed by atoms with van der Waals surface area (Å²) in [5.74, 6) is 7.52. The minimum Gasteiger partial charge on any atom is -0.271 e. The number of nitrogens with one attached hydrogen (secondary N) is 1. The van der Waals surface area contributed by atoms with Gasteiger partial charge in [-0.2, -0.15) is 0 Å². The standard InChI is InChI=1S/C18H30N2/c1-3-15-7-5-9-17(13-15)18(20-19)11-10-16-8-4-6-14(2)12-16/h4,6,8,12,15,17-18,20H,3,5,7,9-11,13,19H2,1-2H3. The predicted octanol–water partition coefficient (Wildman–Crippen LogP) is 3.98. The molecule has 3 N–H and O–H groups in total. The van der Waals surface area contributed by atoms with E-state index in [9.17, 15) is 0 Å². The summed E-state index contributed by atoms with van der Waals surface area (Å²) in [6, 6.07) is 9.32. The zero-order valence-corrected chi connectivity index (χ0v) is 13.1. The molecule has 2 rings (SSSR count). The van der Waals surface area contributed by atoms with Crippen molar-refractivity contribution in [1.29, 1.82) is 0 Å². The third kappa shape index (κ3) is 4.32. The van der Waals surface area contributed by atoms with Crippen molar-refractivity contribution < 1.29 is 0 Å². The summed E-state index contributed by atoms with van der Waals surface area (Å²) in [5, 5.41) is 0. The third-order valence-corrected chi connectivity index (χ3v) is 5.01. The van der Waals surface area contributed by atoms with Crippen molar-refractivity contribution in [2.75, 3.05) is 0 Å². The Morgan fingerprint density at radius 3 is 2.90 bits per heavy atom. The Balaban J connectivity index is 1.88. The molecule has 0 aromatic heterocycles. The van der Waals surface area contributed by atoms with Gasteiger partial charge in [-0.1, -0.05) is 56.0 Å². The van der Waals surface area contributed by atoms with Crippen molar-refractivity contribution in [2.24, 2.45) is 17.7 Å². The highest BCUT2D eigenvalue weighted by Crippen LogP contribution is 2.33. The Labute approximate surface area is 124 Å². The molecule has 112 valence electrons. The van der Waals surface area contributed by atoms with Gasteiger partial charge >= 0.3 is 0 Å². The van der Waals surface area contributed by atoms with Gasteiger partial charge in [-0.25, -0.2) is 0 Å². The highest BCUT2D eigenvalue weighted by atomic mass is 15.2. The van der Waals surface area contributed by atoms with Crippen LogP contribution in [0.15, 0.2) is 24.3 Å². The molecule has 20 heavy (non-hydrogen) atoms. The Bertz CT molecular complexity index is 402. The van der Waals surface area contributed by atoms with Gasteiger partial charge < -0.3 is 0 Å². The van der Waals surface area contributed by atoms with E-state index in [1.54, 1.807) is 0 Å². The van der Waals surface area contributed by atoms with Gasteiger partial charge in [0, 0.05) is 6.04 Å². The topological polar surface area (TPSA) is 38.0 Å². The van der Waals surface area contributed by atoms with Crippen molar-refractivity contribution in [1.82, 2.24) is 5.43 Å². The van der Waals surface area contributed by atoms with Gasteiger partial charge in [0.2, 0.25) is 0 Å². The summed E-state index contributed by atoms with van der Waals surface area (Å²) >= 11 is 0. The fourth-order valence-corrected chi connectivity index (χ4v) is 3.71. The first kappa shape index (κ1) is 15.5. The largest absolute Gasteiger partial charge is 0.271 e. The minimum absolute atomic E-state index is 0.477. The maximum Gasteiger partial charge on any atom is 0.0242 e. The lowest BCUT2D eigenvalue weighted by Gasteiger charge is -2.34. The maximum atomic E-state index is 5.83. The van der Waals surface area contributed by atoms with Gasteiger partial charge in [-0.05, 0) is 50.0 Å². The molecule has 1 saturated carbocycles. The Kier molecular flexibility index (Phi) is 6.06. The molecule has 1 aliphatic rings. The van der Waals surface area contributed by atoms with Crippen molar-refractivity contribution >= 4 is 0 Å². The average molecular weight is 274 g/mol. The summed E-state index contributed by atoms with van der Waals surface area (Å²) in [7, 11) is 0. The fraction of sp³-hybridized carbons (Fsp3) is 0.667. The Hall–Kier alpha value is -0.860. The van der Waals surface area contributed by atoms with Crippen LogP contribution in [0.4, 0.5) is 0 Å². The summed E-state index contributed by atoms with van der Waals surface area (Å²) in [5.41, 5.74) is 5.89. The zero-order chi connectivity index (χ0) is 14.4. The van der Waals surface area contributed by atoms with E-state index in [0.717, 1.165) is 24.7 Å². The second kappa shape index (κ2) is 7.80. The smallest absolute Gasteiger partial charge is 0.0242 e. The van der Waals surface area contributed by atoms with E-state index < -0.39 is 0 Å². The molecule has 2 heteroatoms. The average Bonchev–Trinajstić information content (AvgIpc) is 2.48. The third-order valence-electron chi connectivity index (χ3n) is 5.01. The van der Waals surface area contributed by atoms with Gasteiger partial charge in [0.1, 0.15) is 0 Å². The van der Waals surface area contributed by atoms with Crippen LogP contribution in [0.25, 0.3) is 0 Å². The van der Waals surface area contributed by atoms with E-state index in [1.165, 1.54) is 43.2 Å². The van der Waals surface area contributed by atoms with E-state index in [-0.39, 0.29) is 0 Å². The van der Waals surface area contributed by atoms with E-state index >= 15 is 0 Å². The summed E-state index contributed by atoms with van der Waals surface area (Å²) in [6.45, 7) is 4.49. The molecule has 0 radical (unpaired) electrons. The second-order valence-corrected chi connectivity index (χ2v) is 6.50. The molecule has 0 heterocycles. The van der Waals surface area contributed by atoms with E-state index in [1.807, 2.05) is 0 Å². The minimum atomic E-state index is 0.477. The van der Waals surface area contributed by atoms with Crippen LogP contribution in [0.1, 0.15) is 56.6 Å². The summed E-state index contributed by atoms with van der Waals surface area (Å²) < 4.78 is 0. The van der Waals surface area contributed by atoms with Crippen LogP contribution in [0.3, 0.4) is 0 Å². The monoisotopic (exact) mass is 274 g/mol. The molecule has 1 aliphatic carbocycles. The van der Waals surface area contributed by atoms with Gasteiger partial charge in [-0.15, -0.1) is 0 Å². The van der Waals surface area contributed by atoms with E-state index in [4.69, 9.17) is 5.84 Å². The summed E-state index contributed by atoms with van der Waals surface area (Å²) in [6.07, 6.45) is 9.11. The van der Waals surface area contributed by atoms with Crippen molar-refractivity contribution in [3.8, 4) is 0 Å². The normalized spacial score (nSPS) is 24.6. The lowest BCUT2D eigenvalue weighted by Crippen LogP contribution is -2.42. The lowest BCUT2D eigenvalue weighted by molar-refractivity contribution is 0.202. The van der Waals surface area contributed by atoms with Crippen LogP contribution in [-0.4, -0.2) is 6.04 Å². The van der Waals surface area contributed by atoms with Crippen LogP contribution >= 0.6 is 0 Å². The van der Waals surface area contributed by atoms with E-state index in [0.29, 0.717) is 6.04 Å². The van der Waals surface area contributed by atoms with Crippen LogP contribution in [0, 0.1) is 18.8 Å². The van der Waals surface area contributed by atoms with E-state index in [2.05, 4.69) is 43.5 Å². The van der Waals surface area contributed by atoms with Gasteiger partial charge in [0.15, 0.2) is 0 Å². The molecule has 1 aromatic rings. The predicted molar refractivity (Wildman–Crippen MR) is 86.4 cm³/mol. The van der Waals surface area contributed by atoms with Crippen LogP contribution in [-0.2, 0) is 6.42 Å². The number of benzene rings is 1. The molecule has 1 fully saturated rings. The number of aryl methyl sites for hydroxylation is 2. The first-order valence-corrected chi connectivity index (χ1v) is 8.24. The Morgan fingerprint density at radius 2 is 2.20 bits per heavy atom. The number of hydrogen-bond donors (Lipinski definition) is 2. The number of hydrazine groups is 1. The van der Waals surface area contributed by atoms with Crippen molar-refractivity contribution in [2.45, 2.75) is 64.8 Å². The van der Waals surface area contributed by atoms with Crippen molar-refractivity contribution in [3.63, 3.8) is 0 Å². The Morgan fingerprint density at radius 1 is 1.35 bits per heavy atom. The molecule has 0 bridgehead atoms. The second-order valence-electron chi connectivity index (χ2n) is 6.50. The molecule has 1 aromatic carbocycles. The SMILES string of the molecule is CCC1CCCC(C(CCc2cccc(C)c2)NN)C1. The lowest BCUT2D eigenvalue weighted by atomic mass is 9.76. The number of hydrogen-bond acceptors (Lipinski definition) is 2. The molecule has 0 aliphatic heterocycles. The van der Waals surface area contributed by atoms with Crippen LogP contribution < -0.4 is 11.3 Å². The van der Waals surface area contributed by atoms with Gasteiger partial charge in [-0.3, -0.25) is 11.3 Å². The molecular formula is C18H30N2. The summed E-state index contributed by atoms with van der Waals surface area (Å²) in [4.78, 5) is 0. The highest BCUT2D eigenvalue weighted by Gasteiger charge is 2.26. The molecule has 0 spiro atoms. The first-order chi connectivity index (χ1) is 9.72. The molecule has 0 amide bonds. The molecule has 0 saturated heterocycles. The molecule has 3 unspecified atom stereocenters. The van der Waals surface area contributed by atoms with Gasteiger partial charge in [0.25, 0.3) is 0 Å². The fourth-order valence-electron chi connectivity index (χ4n) is 3.71. The molecule has 3 atom stereocenters. The first-order valence-electron chi connectivity index (χ1n) is 8.24. The molecule has 2 nitrogen and oxygen atoms in total. The van der Waals surface area contributed by atoms with Crippen molar-refractivity contribution in [3.05, 3.63) is 35.4 Å². The quantitative estimate of drug-likeness (QED) is 0.608. The highest BCUT2D eigenvalue weighted by molar-refractivity contribution is 5.22. The molecular weight excluding hydrogens is 244 g/mol. The number of rotatable bonds is 6. The zero-order valence-electron chi connectivity index (χ0n) is 13.1. The van der Waals surface area contributed by atoms with Crippen LogP contribution in [0.2, 0.25) is 0 Å². The van der Waals surface area contributed by atoms with Gasteiger partial charge in [0.05, 0.1) is 0 Å². The number of nitrogens with two attached hydrogens (primary N) is 1. The van der Waals surface area contributed by atoms with Crippen LogP contribution in [0.5, 0.6) is 0 Å². The maximum absolute atomic E-state index is 5.83.